The van der Waals surface area contributed by atoms with E-state index in [-0.39, 0.29) is 0 Å². The molecule has 0 aliphatic carbocycles. The standard InChI is InChI=1S/C46H30N4S6/c1-25-13-15-35(51-25)37-17-19-39(53-37)41-23-33-43(49-47-27-9-5-3-6-10-27)29-22-32-30(21-31(29)45(33)55-41)44(50-48-28-11-7-4-8-12-28)34-24-42(56-46(32)34)40-20-18-38(54-40)36-16-14-26(2)52-36/h3-24,47-48H,1-2H3/b49-43-,50-44-. The first-order valence-electron chi connectivity index (χ1n) is 18.1. The van der Waals surface area contributed by atoms with Crippen molar-refractivity contribution < 1.29 is 0 Å². The van der Waals surface area contributed by atoms with Gasteiger partial charge in [-0.15, -0.1) is 68.0 Å². The lowest BCUT2D eigenvalue weighted by atomic mass is 10.1. The number of fused-ring (bicyclic) bond motifs is 6. The number of hydrogen-bond donors (Lipinski definition) is 2. The molecule has 11 aromatic rings. The second kappa shape index (κ2) is 13.8. The van der Waals surface area contributed by atoms with Crippen LogP contribution in [0.2, 0.25) is 0 Å². The Bertz CT molecular complexity index is 3120. The van der Waals surface area contributed by atoms with Gasteiger partial charge in [-0.1, -0.05) is 36.4 Å². The highest BCUT2D eigenvalue weighted by molar-refractivity contribution is 7.30. The summed E-state index contributed by atoms with van der Waals surface area (Å²) in [5.41, 5.74) is 8.70. The van der Waals surface area contributed by atoms with Crippen LogP contribution < -0.4 is 21.6 Å². The van der Waals surface area contributed by atoms with E-state index in [1.54, 1.807) is 0 Å². The van der Waals surface area contributed by atoms with Crippen LogP contribution in [-0.2, 0) is 0 Å². The Morgan fingerprint density at radius 3 is 1.11 bits per heavy atom. The molecule has 6 heterocycles. The van der Waals surface area contributed by atoms with Crippen LogP contribution in [-0.4, -0.2) is 0 Å². The first kappa shape index (κ1) is 34.1. The Hall–Kier alpha value is -5.20. The van der Waals surface area contributed by atoms with E-state index in [9.17, 15) is 0 Å². The van der Waals surface area contributed by atoms with Gasteiger partial charge in [0, 0.05) is 90.5 Å². The average Bonchev–Trinajstić information content (AvgIpc) is 4.07. The average molecular weight is 831 g/mol. The minimum atomic E-state index is 0.959. The van der Waals surface area contributed by atoms with E-state index in [4.69, 9.17) is 10.2 Å². The Balaban J connectivity index is 1.12. The number of nitrogens with zero attached hydrogens (tertiary/aromatic N) is 2. The van der Waals surface area contributed by atoms with E-state index in [1.807, 2.05) is 104 Å². The third-order valence-electron chi connectivity index (χ3n) is 9.94. The van der Waals surface area contributed by atoms with Crippen LogP contribution in [0.1, 0.15) is 9.75 Å². The molecule has 0 aliphatic heterocycles. The quantitative estimate of drug-likeness (QED) is 0.150. The summed E-state index contributed by atoms with van der Waals surface area (Å²) in [6.07, 6.45) is 0. The lowest BCUT2D eigenvalue weighted by Gasteiger charge is -2.00. The van der Waals surface area contributed by atoms with Gasteiger partial charge in [0.1, 0.15) is 0 Å². The number of rotatable bonds is 8. The van der Waals surface area contributed by atoms with Crippen LogP contribution in [0.25, 0.3) is 80.7 Å². The van der Waals surface area contributed by atoms with Gasteiger partial charge in [-0.2, -0.15) is 10.2 Å². The Kier molecular flexibility index (Phi) is 8.38. The molecule has 0 atom stereocenters. The molecular weight excluding hydrogens is 801 g/mol. The molecular formula is C46H30N4S6. The Morgan fingerprint density at radius 1 is 0.339 bits per heavy atom. The van der Waals surface area contributed by atoms with Gasteiger partial charge in [0.15, 0.2) is 0 Å². The van der Waals surface area contributed by atoms with E-state index in [0.29, 0.717) is 0 Å². The molecule has 0 saturated carbocycles. The summed E-state index contributed by atoms with van der Waals surface area (Å²) in [6, 6.07) is 47.8. The van der Waals surface area contributed by atoms with E-state index in [2.05, 4.69) is 122 Å². The molecule has 0 saturated heterocycles. The van der Waals surface area contributed by atoms with E-state index >= 15 is 0 Å². The van der Waals surface area contributed by atoms with Gasteiger partial charge in [0.05, 0.1) is 22.1 Å². The number of para-hydroxylation sites is 2. The molecule has 0 radical (unpaired) electrons. The lowest BCUT2D eigenvalue weighted by Crippen LogP contribution is -2.05. The maximum atomic E-state index is 5.14. The molecule has 5 aromatic carbocycles. The number of anilines is 2. The molecule has 11 rings (SSSR count). The third-order valence-corrected chi connectivity index (χ3v) is 17.2. The third kappa shape index (κ3) is 5.96. The molecule has 4 nitrogen and oxygen atoms in total. The number of hydrogen-bond acceptors (Lipinski definition) is 10. The van der Waals surface area contributed by atoms with Gasteiger partial charge in [-0.3, -0.25) is 10.9 Å². The van der Waals surface area contributed by atoms with E-state index in [1.165, 1.54) is 68.9 Å². The number of thiophene rings is 6. The molecule has 0 aliphatic rings. The van der Waals surface area contributed by atoms with Crippen molar-refractivity contribution in [3.05, 3.63) is 154 Å². The molecule has 0 bridgehead atoms. The van der Waals surface area contributed by atoms with Gasteiger partial charge in [0.2, 0.25) is 0 Å². The zero-order chi connectivity index (χ0) is 37.3. The lowest BCUT2D eigenvalue weighted by molar-refractivity contribution is 1.25. The van der Waals surface area contributed by atoms with Gasteiger partial charge in [0.25, 0.3) is 0 Å². The predicted octanol–water partition coefficient (Wildman–Crippen LogP) is 14.7. The maximum absolute atomic E-state index is 5.14. The first-order valence-corrected chi connectivity index (χ1v) is 23.0. The molecule has 2 N–H and O–H groups in total. The fraction of sp³-hybridized carbons (Fsp3) is 0.0435. The number of nitrogens with one attached hydrogen (secondary N) is 2. The SMILES string of the molecule is Cc1ccc(-c2ccc(-c3cc4/c(=N\Nc5ccccc5)c5cc6c(cc5c4s3)/c(=N/Nc3ccccc3)c3cc(-c4ccc(-c5ccc(C)s5)s4)sc36)s2)s1. The van der Waals surface area contributed by atoms with Gasteiger partial charge < -0.3 is 0 Å². The first-order chi connectivity index (χ1) is 27.5. The molecule has 0 fully saturated rings. The van der Waals surface area contributed by atoms with E-state index in [0.717, 1.165) is 43.6 Å². The van der Waals surface area contributed by atoms with Crippen molar-refractivity contribution >= 4 is 121 Å². The largest absolute Gasteiger partial charge is 0.278 e. The normalized spacial score (nSPS) is 12.7. The summed E-state index contributed by atoms with van der Waals surface area (Å²) in [4.78, 5) is 13.0. The fourth-order valence-electron chi connectivity index (χ4n) is 7.28. The molecule has 0 unspecified atom stereocenters. The topological polar surface area (TPSA) is 48.8 Å². The number of benzene rings is 3. The maximum Gasteiger partial charge on any atom is 0.0999 e. The molecule has 270 valence electrons. The highest BCUT2D eigenvalue weighted by Gasteiger charge is 2.21. The fourth-order valence-corrected chi connectivity index (χ4v) is 13.8. The summed E-state index contributed by atoms with van der Waals surface area (Å²) in [7, 11) is 0. The zero-order valence-corrected chi connectivity index (χ0v) is 34.9. The van der Waals surface area contributed by atoms with Crippen molar-refractivity contribution in [1.29, 1.82) is 0 Å². The predicted molar refractivity (Wildman–Crippen MR) is 249 cm³/mol. The monoisotopic (exact) mass is 830 g/mol. The summed E-state index contributed by atoms with van der Waals surface area (Å²) >= 11 is 11.1. The van der Waals surface area contributed by atoms with Crippen molar-refractivity contribution in [1.82, 2.24) is 0 Å². The van der Waals surface area contributed by atoms with Crippen molar-refractivity contribution in [2.45, 2.75) is 13.8 Å². The van der Waals surface area contributed by atoms with Crippen LogP contribution in [0.3, 0.4) is 0 Å². The molecule has 0 spiro atoms. The second-order valence-corrected chi connectivity index (χ2v) is 20.5. The van der Waals surface area contributed by atoms with Gasteiger partial charge in [-0.25, -0.2) is 0 Å². The Morgan fingerprint density at radius 2 is 0.714 bits per heavy atom. The van der Waals surface area contributed by atoms with Crippen molar-refractivity contribution in [3.8, 4) is 39.0 Å². The van der Waals surface area contributed by atoms with Gasteiger partial charge >= 0.3 is 0 Å². The Labute approximate surface area is 346 Å². The minimum Gasteiger partial charge on any atom is -0.278 e. The minimum absolute atomic E-state index is 0.959. The molecule has 10 heteroatoms. The van der Waals surface area contributed by atoms with Gasteiger partial charge in [-0.05, 0) is 111 Å². The summed E-state index contributed by atoms with van der Waals surface area (Å²) in [5.74, 6) is 0. The molecule has 56 heavy (non-hydrogen) atoms. The highest BCUT2D eigenvalue weighted by atomic mass is 32.1. The van der Waals surface area contributed by atoms with E-state index < -0.39 is 0 Å². The zero-order valence-electron chi connectivity index (χ0n) is 30.0. The van der Waals surface area contributed by atoms with Crippen molar-refractivity contribution in [2.24, 2.45) is 10.2 Å². The summed E-state index contributed by atoms with van der Waals surface area (Å²) in [6.45, 7) is 4.34. The number of aryl methyl sites for hydroxylation is 2. The smallest absolute Gasteiger partial charge is 0.0999 e. The van der Waals surface area contributed by atoms with Crippen LogP contribution in [0, 0.1) is 13.8 Å². The van der Waals surface area contributed by atoms with Crippen LogP contribution in [0.5, 0.6) is 0 Å². The second-order valence-electron chi connectivity index (χ2n) is 13.7. The summed E-state index contributed by atoms with van der Waals surface area (Å²) in [5, 5.41) is 19.2. The summed E-state index contributed by atoms with van der Waals surface area (Å²) < 4.78 is 2.49. The molecule has 0 amide bonds. The van der Waals surface area contributed by atoms with Crippen LogP contribution >= 0.6 is 68.0 Å². The molecule has 6 aromatic heterocycles. The van der Waals surface area contributed by atoms with Crippen molar-refractivity contribution in [2.75, 3.05) is 10.9 Å². The van der Waals surface area contributed by atoms with Crippen LogP contribution in [0.15, 0.2) is 144 Å². The van der Waals surface area contributed by atoms with Crippen LogP contribution in [0.4, 0.5) is 11.4 Å². The highest BCUT2D eigenvalue weighted by Crippen LogP contribution is 2.46. The van der Waals surface area contributed by atoms with Crippen molar-refractivity contribution in [3.63, 3.8) is 0 Å².